The molecule has 0 fully saturated rings. The van der Waals surface area contributed by atoms with Gasteiger partial charge in [0.05, 0.1) is 18.4 Å². The van der Waals surface area contributed by atoms with E-state index in [1.54, 1.807) is 6.92 Å². The number of aryl methyl sites for hydroxylation is 1. The summed E-state index contributed by atoms with van der Waals surface area (Å²) in [7, 11) is 1.01. The Labute approximate surface area is 172 Å². The Morgan fingerprint density at radius 3 is 2.19 bits per heavy atom. The van der Waals surface area contributed by atoms with E-state index in [4.69, 9.17) is 9.47 Å². The van der Waals surface area contributed by atoms with Crippen LogP contribution in [-0.4, -0.2) is 12.1 Å². The SMILES string of the molecule is COc1c(Oc2cc(C(F)(F)F)c(F)cc2-c2cc(=O)c(C)c(C)[nH]2)ccc(F)c1F. The lowest BCUT2D eigenvalue weighted by Gasteiger charge is -2.17. The first-order chi connectivity index (χ1) is 14.4. The van der Waals surface area contributed by atoms with Crippen LogP contribution in [0.5, 0.6) is 17.2 Å². The van der Waals surface area contributed by atoms with Gasteiger partial charge >= 0.3 is 6.18 Å². The van der Waals surface area contributed by atoms with E-state index in [0.717, 1.165) is 19.2 Å². The number of aromatic amines is 1. The third-order valence-electron chi connectivity index (χ3n) is 4.63. The van der Waals surface area contributed by atoms with Crippen LogP contribution < -0.4 is 14.9 Å². The van der Waals surface area contributed by atoms with E-state index in [9.17, 15) is 31.1 Å². The van der Waals surface area contributed by atoms with E-state index in [2.05, 4.69) is 4.98 Å². The number of alkyl halides is 3. The summed E-state index contributed by atoms with van der Waals surface area (Å²) in [6, 6.07) is 3.63. The van der Waals surface area contributed by atoms with Crippen LogP contribution in [0.25, 0.3) is 11.3 Å². The summed E-state index contributed by atoms with van der Waals surface area (Å²) in [6.07, 6.45) is -5.06. The average molecular weight is 443 g/mol. The quantitative estimate of drug-likeness (QED) is 0.511. The van der Waals surface area contributed by atoms with Crippen molar-refractivity contribution >= 4 is 0 Å². The Balaban J connectivity index is 2.28. The first-order valence-corrected chi connectivity index (χ1v) is 8.75. The van der Waals surface area contributed by atoms with Crippen molar-refractivity contribution in [2.45, 2.75) is 20.0 Å². The van der Waals surface area contributed by atoms with Gasteiger partial charge in [0, 0.05) is 22.9 Å². The summed E-state index contributed by atoms with van der Waals surface area (Å²) in [5.74, 6) is -5.99. The zero-order chi connectivity index (χ0) is 23.1. The topological polar surface area (TPSA) is 51.3 Å². The van der Waals surface area contributed by atoms with E-state index in [-0.39, 0.29) is 11.3 Å². The molecule has 1 heterocycles. The molecule has 1 N–H and O–H groups in total. The minimum absolute atomic E-state index is 0.0303. The van der Waals surface area contributed by atoms with Gasteiger partial charge in [0.1, 0.15) is 11.6 Å². The molecule has 2 aromatic carbocycles. The minimum Gasteiger partial charge on any atom is -0.490 e. The van der Waals surface area contributed by atoms with E-state index in [1.165, 1.54) is 6.92 Å². The average Bonchev–Trinajstić information content (AvgIpc) is 2.69. The first kappa shape index (κ1) is 22.3. The molecule has 0 aliphatic heterocycles. The van der Waals surface area contributed by atoms with Gasteiger partial charge in [0.25, 0.3) is 0 Å². The van der Waals surface area contributed by atoms with Crippen LogP contribution in [0, 0.1) is 31.3 Å². The fraction of sp³-hybridized carbons (Fsp3) is 0.190. The monoisotopic (exact) mass is 443 g/mol. The molecule has 3 rings (SSSR count). The largest absolute Gasteiger partial charge is 0.490 e. The number of benzene rings is 2. The molecule has 10 heteroatoms. The molecule has 3 aromatic rings. The number of nitrogens with one attached hydrogen (secondary N) is 1. The van der Waals surface area contributed by atoms with Crippen molar-refractivity contribution in [1.29, 1.82) is 0 Å². The normalized spacial score (nSPS) is 11.5. The summed E-state index contributed by atoms with van der Waals surface area (Å²) >= 11 is 0. The number of methoxy groups -OCH3 is 1. The van der Waals surface area contributed by atoms with Crippen LogP contribution in [0.3, 0.4) is 0 Å². The Morgan fingerprint density at radius 1 is 0.935 bits per heavy atom. The minimum atomic E-state index is -5.06. The van der Waals surface area contributed by atoms with Crippen LogP contribution in [0.4, 0.5) is 26.3 Å². The molecule has 0 aliphatic rings. The fourth-order valence-electron chi connectivity index (χ4n) is 2.87. The summed E-state index contributed by atoms with van der Waals surface area (Å²) in [5, 5.41) is 0. The standard InChI is InChI=1S/C21H15F6NO3/c1-9-10(2)28-15(8-16(9)29)11-6-14(23)12(21(25,26)27)7-18(11)31-17-5-4-13(22)19(24)20(17)30-3/h4-8H,1-3H3,(H,28,29). The van der Waals surface area contributed by atoms with Gasteiger partial charge < -0.3 is 14.5 Å². The van der Waals surface area contributed by atoms with Crippen molar-refractivity contribution < 1.29 is 35.8 Å². The molecule has 0 amide bonds. The Bertz CT molecular complexity index is 1220. The summed E-state index contributed by atoms with van der Waals surface area (Å²) in [6.45, 7) is 3.09. The Morgan fingerprint density at radius 2 is 1.61 bits per heavy atom. The molecule has 0 aliphatic carbocycles. The number of hydrogen-bond acceptors (Lipinski definition) is 3. The van der Waals surface area contributed by atoms with E-state index >= 15 is 0 Å². The highest BCUT2D eigenvalue weighted by atomic mass is 19.4. The van der Waals surface area contributed by atoms with Gasteiger partial charge in [0.15, 0.2) is 17.0 Å². The second-order valence-electron chi connectivity index (χ2n) is 6.62. The van der Waals surface area contributed by atoms with Crippen LogP contribution in [0.2, 0.25) is 0 Å². The highest BCUT2D eigenvalue weighted by Crippen LogP contribution is 2.42. The van der Waals surface area contributed by atoms with E-state index in [1.807, 2.05) is 0 Å². The van der Waals surface area contributed by atoms with Gasteiger partial charge in [-0.25, -0.2) is 8.78 Å². The number of hydrogen-bond donors (Lipinski definition) is 1. The van der Waals surface area contributed by atoms with Crippen LogP contribution >= 0.6 is 0 Å². The Hall–Kier alpha value is -3.43. The van der Waals surface area contributed by atoms with Gasteiger partial charge in [-0.05, 0) is 38.1 Å². The van der Waals surface area contributed by atoms with Crippen LogP contribution in [-0.2, 0) is 6.18 Å². The summed E-state index contributed by atoms with van der Waals surface area (Å²) < 4.78 is 91.7. The van der Waals surface area contributed by atoms with Crippen molar-refractivity contribution in [3.8, 4) is 28.5 Å². The molecule has 4 nitrogen and oxygen atoms in total. The maximum Gasteiger partial charge on any atom is 0.419 e. The lowest BCUT2D eigenvalue weighted by atomic mass is 10.0. The number of rotatable bonds is 4. The second kappa shape index (κ2) is 8.01. The molecular formula is C21H15F6NO3. The molecule has 0 unspecified atom stereocenters. The predicted molar refractivity (Wildman–Crippen MR) is 99.9 cm³/mol. The Kier molecular flexibility index (Phi) is 5.75. The lowest BCUT2D eigenvalue weighted by molar-refractivity contribution is -0.140. The lowest BCUT2D eigenvalue weighted by Crippen LogP contribution is -2.11. The van der Waals surface area contributed by atoms with Crippen molar-refractivity contribution in [2.75, 3.05) is 7.11 Å². The zero-order valence-electron chi connectivity index (χ0n) is 16.4. The van der Waals surface area contributed by atoms with Gasteiger partial charge in [-0.2, -0.15) is 17.6 Å². The van der Waals surface area contributed by atoms with Crippen LogP contribution in [0.1, 0.15) is 16.8 Å². The fourth-order valence-corrected chi connectivity index (χ4v) is 2.87. The highest BCUT2D eigenvalue weighted by Gasteiger charge is 2.36. The van der Waals surface area contributed by atoms with E-state index in [0.29, 0.717) is 29.5 Å². The molecule has 0 saturated carbocycles. The maximum atomic E-state index is 14.3. The van der Waals surface area contributed by atoms with Gasteiger partial charge in [-0.15, -0.1) is 0 Å². The summed E-state index contributed by atoms with van der Waals surface area (Å²) in [5.41, 5.74) is -1.59. The second-order valence-corrected chi connectivity index (χ2v) is 6.62. The third-order valence-corrected chi connectivity index (χ3v) is 4.63. The number of ether oxygens (including phenoxy) is 2. The number of aromatic nitrogens is 1. The third kappa shape index (κ3) is 4.23. The molecule has 0 spiro atoms. The molecule has 1 aromatic heterocycles. The van der Waals surface area contributed by atoms with Gasteiger partial charge in [0.2, 0.25) is 11.6 Å². The number of pyridine rings is 1. The number of H-pyrrole nitrogens is 1. The first-order valence-electron chi connectivity index (χ1n) is 8.75. The molecular weight excluding hydrogens is 428 g/mol. The van der Waals surface area contributed by atoms with E-state index < -0.39 is 51.9 Å². The molecule has 0 saturated heterocycles. The zero-order valence-corrected chi connectivity index (χ0v) is 16.4. The maximum absolute atomic E-state index is 14.3. The predicted octanol–water partition coefficient (Wildman–Crippen LogP) is 5.90. The van der Waals surface area contributed by atoms with Gasteiger partial charge in [-0.3, -0.25) is 4.79 Å². The molecule has 0 radical (unpaired) electrons. The smallest absolute Gasteiger partial charge is 0.419 e. The van der Waals surface area contributed by atoms with Crippen molar-refractivity contribution in [1.82, 2.24) is 4.98 Å². The number of halogens is 6. The van der Waals surface area contributed by atoms with Crippen LogP contribution in [0.15, 0.2) is 35.1 Å². The van der Waals surface area contributed by atoms with Crippen molar-refractivity contribution in [2.24, 2.45) is 0 Å². The molecule has 0 atom stereocenters. The van der Waals surface area contributed by atoms with Crippen molar-refractivity contribution in [3.05, 3.63) is 74.8 Å². The molecule has 164 valence electrons. The summed E-state index contributed by atoms with van der Waals surface area (Å²) in [4.78, 5) is 15.0. The van der Waals surface area contributed by atoms with Crippen molar-refractivity contribution in [3.63, 3.8) is 0 Å². The highest BCUT2D eigenvalue weighted by molar-refractivity contribution is 5.69. The molecule has 0 bridgehead atoms. The van der Waals surface area contributed by atoms with Gasteiger partial charge in [-0.1, -0.05) is 0 Å². The molecule has 31 heavy (non-hydrogen) atoms.